The zero-order valence-electron chi connectivity index (χ0n) is 12.1. The molecule has 0 bridgehead atoms. The van der Waals surface area contributed by atoms with E-state index in [1.54, 1.807) is 11.3 Å². The lowest BCUT2D eigenvalue weighted by Gasteiger charge is -2.22. The minimum absolute atomic E-state index is 0.513. The summed E-state index contributed by atoms with van der Waals surface area (Å²) in [7, 11) is 0. The molecule has 1 aromatic rings. The Hall–Kier alpha value is -0.410. The Morgan fingerprint density at radius 1 is 1.28 bits per heavy atom. The van der Waals surface area contributed by atoms with Crippen LogP contribution >= 0.6 is 11.3 Å². The number of unbranched alkanes of at least 4 members (excludes halogenated alkanes) is 1. The van der Waals surface area contributed by atoms with Gasteiger partial charge in [0.25, 0.3) is 0 Å². The van der Waals surface area contributed by atoms with Gasteiger partial charge in [-0.25, -0.2) is 0 Å². The Labute approximate surface area is 116 Å². The van der Waals surface area contributed by atoms with Crippen LogP contribution in [0.25, 0.3) is 0 Å². The van der Waals surface area contributed by atoms with Gasteiger partial charge in [0.15, 0.2) is 0 Å². The lowest BCUT2D eigenvalue weighted by atomic mass is 9.91. The van der Waals surface area contributed by atoms with Crippen LogP contribution < -0.4 is 5.32 Å². The molecule has 104 valence electrons. The second-order valence-corrected chi connectivity index (χ2v) is 5.98. The van der Waals surface area contributed by atoms with Gasteiger partial charge in [-0.1, -0.05) is 46.5 Å². The minimum Gasteiger partial charge on any atom is -0.309 e. The third kappa shape index (κ3) is 5.49. The van der Waals surface area contributed by atoms with Crippen LogP contribution in [0.5, 0.6) is 0 Å². The van der Waals surface area contributed by atoms with E-state index in [0.29, 0.717) is 6.04 Å². The second kappa shape index (κ2) is 9.51. The molecule has 1 aromatic heterocycles. The van der Waals surface area contributed by atoms with E-state index >= 15 is 0 Å². The molecule has 1 N–H and O–H groups in total. The molecule has 0 aliphatic rings. The Balaban J connectivity index is 2.53. The average Bonchev–Trinajstić information content (AvgIpc) is 2.92. The fraction of sp³-hybridized carbons (Fsp3) is 0.800. The van der Waals surface area contributed by atoms with Gasteiger partial charge in [0.2, 0.25) is 0 Å². The summed E-state index contributed by atoms with van der Waals surface area (Å²) in [6, 6.07) is 0.513. The number of nitrogens with zero attached hydrogens (tertiary/aromatic N) is 1. The predicted octanol–water partition coefficient (Wildman–Crippen LogP) is 4.79. The summed E-state index contributed by atoms with van der Waals surface area (Å²) >= 11 is 1.78. The Bertz CT molecular complexity index is 285. The predicted molar refractivity (Wildman–Crippen MR) is 81.1 cm³/mol. The number of rotatable bonds is 10. The van der Waals surface area contributed by atoms with Crippen LogP contribution in [0.1, 0.15) is 70.2 Å². The Kier molecular flexibility index (Phi) is 8.27. The maximum Gasteiger partial charge on any atom is 0.0794 e. The summed E-state index contributed by atoms with van der Waals surface area (Å²) in [6.45, 7) is 7.94. The van der Waals surface area contributed by atoms with Gasteiger partial charge in [-0.2, -0.15) is 0 Å². The van der Waals surface area contributed by atoms with E-state index in [-0.39, 0.29) is 0 Å². The van der Waals surface area contributed by atoms with Gasteiger partial charge in [-0.15, -0.1) is 11.3 Å². The third-order valence-corrected chi connectivity index (χ3v) is 4.44. The van der Waals surface area contributed by atoms with Crippen molar-refractivity contribution in [2.45, 2.75) is 65.3 Å². The molecule has 3 heteroatoms. The highest BCUT2D eigenvalue weighted by molar-refractivity contribution is 7.09. The van der Waals surface area contributed by atoms with Gasteiger partial charge in [0.05, 0.1) is 5.51 Å². The van der Waals surface area contributed by atoms with Gasteiger partial charge in [-0.05, 0) is 25.3 Å². The van der Waals surface area contributed by atoms with Crippen molar-refractivity contribution in [1.82, 2.24) is 10.3 Å². The van der Waals surface area contributed by atoms with Crippen LogP contribution in [0.15, 0.2) is 11.7 Å². The van der Waals surface area contributed by atoms with E-state index in [0.717, 1.165) is 12.5 Å². The first-order valence-corrected chi connectivity index (χ1v) is 8.31. The van der Waals surface area contributed by atoms with Crippen LogP contribution in [-0.2, 0) is 0 Å². The van der Waals surface area contributed by atoms with Crippen molar-refractivity contribution in [3.63, 3.8) is 0 Å². The topological polar surface area (TPSA) is 24.9 Å². The molecule has 0 spiro atoms. The largest absolute Gasteiger partial charge is 0.309 e. The summed E-state index contributed by atoms with van der Waals surface area (Å²) in [4.78, 5) is 5.63. The van der Waals surface area contributed by atoms with E-state index < -0.39 is 0 Å². The van der Waals surface area contributed by atoms with Crippen molar-refractivity contribution in [1.29, 1.82) is 0 Å². The van der Waals surface area contributed by atoms with Crippen molar-refractivity contribution in [2.75, 3.05) is 6.54 Å². The van der Waals surface area contributed by atoms with Crippen LogP contribution in [0.2, 0.25) is 0 Å². The van der Waals surface area contributed by atoms with Crippen molar-refractivity contribution >= 4 is 11.3 Å². The quantitative estimate of drug-likeness (QED) is 0.660. The van der Waals surface area contributed by atoms with Gasteiger partial charge in [-0.3, -0.25) is 4.98 Å². The molecule has 2 nitrogen and oxygen atoms in total. The van der Waals surface area contributed by atoms with Crippen molar-refractivity contribution in [3.8, 4) is 0 Å². The number of hydrogen-bond donors (Lipinski definition) is 1. The Morgan fingerprint density at radius 3 is 2.67 bits per heavy atom. The standard InChI is InChI=1S/C15H28N2S/c1-4-7-8-13(6-3)10-14(17-9-5-2)15-11-16-12-18-15/h11-14,17H,4-10H2,1-3H3. The summed E-state index contributed by atoms with van der Waals surface area (Å²) in [6.07, 6.45) is 9.83. The summed E-state index contributed by atoms with van der Waals surface area (Å²) in [5.41, 5.74) is 1.95. The van der Waals surface area contributed by atoms with E-state index in [9.17, 15) is 0 Å². The highest BCUT2D eigenvalue weighted by Gasteiger charge is 2.17. The molecule has 0 aliphatic heterocycles. The average molecular weight is 268 g/mol. The maximum atomic E-state index is 4.22. The van der Waals surface area contributed by atoms with Crippen LogP contribution in [-0.4, -0.2) is 11.5 Å². The molecule has 0 amide bonds. The molecular formula is C15H28N2S. The highest BCUT2D eigenvalue weighted by atomic mass is 32.1. The maximum absolute atomic E-state index is 4.22. The highest BCUT2D eigenvalue weighted by Crippen LogP contribution is 2.28. The number of hydrogen-bond acceptors (Lipinski definition) is 3. The Morgan fingerprint density at radius 2 is 2.11 bits per heavy atom. The lowest BCUT2D eigenvalue weighted by molar-refractivity contribution is 0.356. The molecule has 0 saturated heterocycles. The zero-order chi connectivity index (χ0) is 13.2. The SMILES string of the molecule is CCCCC(CC)CC(NCCC)c1cncs1. The van der Waals surface area contributed by atoms with Crippen molar-refractivity contribution in [2.24, 2.45) is 5.92 Å². The number of nitrogens with one attached hydrogen (secondary N) is 1. The number of thiazole rings is 1. The third-order valence-electron chi connectivity index (χ3n) is 3.55. The van der Waals surface area contributed by atoms with E-state index in [1.807, 2.05) is 11.7 Å². The van der Waals surface area contributed by atoms with Gasteiger partial charge < -0.3 is 5.32 Å². The lowest BCUT2D eigenvalue weighted by Crippen LogP contribution is -2.23. The van der Waals surface area contributed by atoms with Crippen LogP contribution in [0, 0.1) is 5.92 Å². The summed E-state index contributed by atoms with van der Waals surface area (Å²) in [5, 5.41) is 3.68. The zero-order valence-corrected chi connectivity index (χ0v) is 12.9. The first kappa shape index (κ1) is 15.6. The molecule has 0 aliphatic carbocycles. The molecule has 0 saturated carbocycles. The first-order chi connectivity index (χ1) is 8.81. The molecule has 0 aromatic carbocycles. The minimum atomic E-state index is 0.513. The number of aromatic nitrogens is 1. The molecular weight excluding hydrogens is 240 g/mol. The van der Waals surface area contributed by atoms with Gasteiger partial charge >= 0.3 is 0 Å². The molecule has 0 radical (unpaired) electrons. The van der Waals surface area contributed by atoms with E-state index in [2.05, 4.69) is 31.1 Å². The molecule has 2 atom stereocenters. The smallest absolute Gasteiger partial charge is 0.0794 e. The van der Waals surface area contributed by atoms with E-state index in [4.69, 9.17) is 0 Å². The summed E-state index contributed by atoms with van der Waals surface area (Å²) in [5.74, 6) is 0.849. The molecule has 1 rings (SSSR count). The second-order valence-electron chi connectivity index (χ2n) is 5.06. The first-order valence-electron chi connectivity index (χ1n) is 7.43. The fourth-order valence-corrected chi connectivity index (χ4v) is 3.04. The van der Waals surface area contributed by atoms with Crippen molar-refractivity contribution in [3.05, 3.63) is 16.6 Å². The normalized spacial score (nSPS) is 14.6. The van der Waals surface area contributed by atoms with Gasteiger partial charge in [0, 0.05) is 17.1 Å². The monoisotopic (exact) mass is 268 g/mol. The van der Waals surface area contributed by atoms with Crippen molar-refractivity contribution < 1.29 is 0 Å². The summed E-state index contributed by atoms with van der Waals surface area (Å²) < 4.78 is 0. The fourth-order valence-electron chi connectivity index (χ4n) is 2.33. The molecule has 0 fully saturated rings. The van der Waals surface area contributed by atoms with Gasteiger partial charge in [0.1, 0.15) is 0 Å². The molecule has 2 unspecified atom stereocenters. The van der Waals surface area contributed by atoms with Crippen LogP contribution in [0.4, 0.5) is 0 Å². The molecule has 18 heavy (non-hydrogen) atoms. The van der Waals surface area contributed by atoms with Crippen LogP contribution in [0.3, 0.4) is 0 Å². The molecule has 1 heterocycles. The van der Waals surface area contributed by atoms with E-state index in [1.165, 1.54) is 43.4 Å².